The van der Waals surface area contributed by atoms with Crippen molar-refractivity contribution in [2.45, 2.75) is 13.3 Å². The fourth-order valence-corrected chi connectivity index (χ4v) is 3.83. The molecule has 0 radical (unpaired) electrons. The minimum absolute atomic E-state index is 0.0686. The maximum Gasteiger partial charge on any atom is 0.311 e. The molecular weight excluding hydrogens is 344 g/mol. The van der Waals surface area contributed by atoms with Gasteiger partial charge in [-0.15, -0.1) is 0 Å². The molecule has 2 fully saturated rings. The molecule has 0 saturated carbocycles. The van der Waals surface area contributed by atoms with Gasteiger partial charge in [0.05, 0.1) is 35.2 Å². The normalized spacial score (nSPS) is 24.8. The van der Waals surface area contributed by atoms with Gasteiger partial charge in [0, 0.05) is 31.7 Å². The number of rotatable bonds is 4. The Morgan fingerprint density at radius 3 is 2.77 bits per heavy atom. The van der Waals surface area contributed by atoms with Crippen LogP contribution in [0.3, 0.4) is 0 Å². The van der Waals surface area contributed by atoms with Gasteiger partial charge in [0.25, 0.3) is 11.6 Å². The molecule has 26 heavy (non-hydrogen) atoms. The summed E-state index contributed by atoms with van der Waals surface area (Å²) in [7, 11) is 1.38. The van der Waals surface area contributed by atoms with Crippen LogP contribution in [0.5, 0.6) is 5.75 Å². The number of carbonyl (C=O) groups excluding carboxylic acids is 1. The molecule has 1 aromatic rings. The SMILES string of the molecule is COc1cc(C(=O)N2C[C@H]3COCC[C@@]3(C(=O)O)C2)cc([N+](=O)[O-])c1C. The predicted molar refractivity (Wildman–Crippen MR) is 89.3 cm³/mol. The molecule has 140 valence electrons. The molecule has 1 N–H and O–H groups in total. The molecule has 2 aliphatic rings. The van der Waals surface area contributed by atoms with E-state index in [0.29, 0.717) is 18.6 Å². The quantitative estimate of drug-likeness (QED) is 0.635. The number of carboxylic acid groups (broad SMARTS) is 1. The molecule has 9 nitrogen and oxygen atoms in total. The average Bonchev–Trinajstić information content (AvgIpc) is 3.02. The first-order valence-corrected chi connectivity index (χ1v) is 8.23. The van der Waals surface area contributed by atoms with E-state index in [0.717, 1.165) is 0 Å². The summed E-state index contributed by atoms with van der Waals surface area (Å²) in [4.78, 5) is 36.9. The fourth-order valence-electron chi connectivity index (χ4n) is 3.83. The van der Waals surface area contributed by atoms with Crippen molar-refractivity contribution in [3.63, 3.8) is 0 Å². The smallest absolute Gasteiger partial charge is 0.311 e. The van der Waals surface area contributed by atoms with Crippen LogP contribution >= 0.6 is 0 Å². The van der Waals surface area contributed by atoms with Crippen molar-refractivity contribution < 1.29 is 29.1 Å². The molecule has 1 amide bonds. The molecule has 9 heteroatoms. The van der Waals surface area contributed by atoms with Gasteiger partial charge in [0.2, 0.25) is 0 Å². The number of hydrogen-bond donors (Lipinski definition) is 1. The van der Waals surface area contributed by atoms with Crippen molar-refractivity contribution in [3.8, 4) is 5.75 Å². The number of carbonyl (C=O) groups is 2. The summed E-state index contributed by atoms with van der Waals surface area (Å²) in [5, 5.41) is 21.0. The van der Waals surface area contributed by atoms with Crippen LogP contribution in [0.15, 0.2) is 12.1 Å². The molecule has 2 saturated heterocycles. The predicted octanol–water partition coefficient (Wildman–Crippen LogP) is 1.48. The summed E-state index contributed by atoms with van der Waals surface area (Å²) in [6.07, 6.45) is 0.341. The standard InChI is InChI=1S/C17H20N2O7/c1-10-13(19(23)24)5-11(6-14(10)25-2)15(20)18-7-12-8-26-4-3-17(12,9-18)16(21)22/h5-6,12H,3-4,7-9H2,1-2H3,(H,21,22)/t12-,17+/m0/s1. The van der Waals surface area contributed by atoms with Gasteiger partial charge in [-0.3, -0.25) is 19.7 Å². The van der Waals surface area contributed by atoms with Crippen LogP contribution in [0, 0.1) is 28.4 Å². The second-order valence-corrected chi connectivity index (χ2v) is 6.75. The third-order valence-corrected chi connectivity index (χ3v) is 5.42. The number of likely N-dealkylation sites (tertiary alicyclic amines) is 1. The van der Waals surface area contributed by atoms with Crippen molar-refractivity contribution in [3.05, 3.63) is 33.4 Å². The highest BCUT2D eigenvalue weighted by molar-refractivity contribution is 5.96. The first-order chi connectivity index (χ1) is 12.3. The maximum absolute atomic E-state index is 12.9. The number of ether oxygens (including phenoxy) is 2. The lowest BCUT2D eigenvalue weighted by Crippen LogP contribution is -2.45. The number of amides is 1. The molecular formula is C17H20N2O7. The summed E-state index contributed by atoms with van der Waals surface area (Å²) in [6, 6.07) is 2.67. The summed E-state index contributed by atoms with van der Waals surface area (Å²) in [5.41, 5.74) is -0.784. The summed E-state index contributed by atoms with van der Waals surface area (Å²) in [6.45, 7) is 2.49. The van der Waals surface area contributed by atoms with E-state index in [1.54, 1.807) is 6.92 Å². The minimum atomic E-state index is -1.02. The topological polar surface area (TPSA) is 119 Å². The molecule has 2 aliphatic heterocycles. The number of fused-ring (bicyclic) bond motifs is 1. The Hall–Kier alpha value is -2.68. The molecule has 0 aliphatic carbocycles. The molecule has 2 heterocycles. The lowest BCUT2D eigenvalue weighted by Gasteiger charge is -2.33. The second kappa shape index (κ2) is 6.56. The Kier molecular flexibility index (Phi) is 4.57. The Morgan fingerprint density at radius 2 is 2.19 bits per heavy atom. The number of nitro benzene ring substituents is 1. The Labute approximate surface area is 149 Å². The van der Waals surface area contributed by atoms with E-state index in [1.807, 2.05) is 0 Å². The van der Waals surface area contributed by atoms with Crippen LogP contribution in [-0.2, 0) is 9.53 Å². The van der Waals surface area contributed by atoms with E-state index in [-0.39, 0.29) is 42.6 Å². The van der Waals surface area contributed by atoms with Crippen molar-refractivity contribution >= 4 is 17.6 Å². The van der Waals surface area contributed by atoms with E-state index in [9.17, 15) is 24.8 Å². The third-order valence-electron chi connectivity index (χ3n) is 5.42. The lowest BCUT2D eigenvalue weighted by molar-refractivity contribution is -0.385. The molecule has 0 unspecified atom stereocenters. The molecule has 3 rings (SSSR count). The van der Waals surface area contributed by atoms with E-state index in [4.69, 9.17) is 9.47 Å². The van der Waals surface area contributed by atoms with Gasteiger partial charge in [0.15, 0.2) is 0 Å². The summed E-state index contributed by atoms with van der Waals surface area (Å²) in [5.74, 6) is -1.43. The van der Waals surface area contributed by atoms with E-state index in [2.05, 4.69) is 0 Å². The highest BCUT2D eigenvalue weighted by Gasteiger charge is 2.55. The van der Waals surface area contributed by atoms with E-state index < -0.39 is 22.2 Å². The van der Waals surface area contributed by atoms with Gasteiger partial charge in [-0.1, -0.05) is 0 Å². The molecule has 0 aromatic heterocycles. The monoisotopic (exact) mass is 364 g/mol. The molecule has 2 atom stereocenters. The number of nitro groups is 1. The molecule has 0 spiro atoms. The van der Waals surface area contributed by atoms with Gasteiger partial charge in [-0.2, -0.15) is 0 Å². The Morgan fingerprint density at radius 1 is 1.46 bits per heavy atom. The lowest BCUT2D eigenvalue weighted by atomic mass is 9.74. The number of carboxylic acids is 1. The van der Waals surface area contributed by atoms with Crippen LogP contribution in [0.1, 0.15) is 22.3 Å². The average molecular weight is 364 g/mol. The maximum atomic E-state index is 12.9. The van der Waals surface area contributed by atoms with Gasteiger partial charge >= 0.3 is 5.97 Å². The van der Waals surface area contributed by atoms with Crippen LogP contribution in [0.2, 0.25) is 0 Å². The van der Waals surface area contributed by atoms with Crippen LogP contribution in [0.4, 0.5) is 5.69 Å². The highest BCUT2D eigenvalue weighted by Crippen LogP contribution is 2.43. The highest BCUT2D eigenvalue weighted by atomic mass is 16.6. The van der Waals surface area contributed by atoms with Gasteiger partial charge in [0.1, 0.15) is 5.75 Å². The third kappa shape index (κ3) is 2.78. The van der Waals surface area contributed by atoms with Gasteiger partial charge in [-0.25, -0.2) is 0 Å². The Balaban J connectivity index is 1.94. The fraction of sp³-hybridized carbons (Fsp3) is 0.529. The van der Waals surface area contributed by atoms with E-state index >= 15 is 0 Å². The van der Waals surface area contributed by atoms with Crippen molar-refractivity contribution in [1.82, 2.24) is 4.90 Å². The molecule has 0 bridgehead atoms. The first-order valence-electron chi connectivity index (χ1n) is 8.23. The van der Waals surface area contributed by atoms with Crippen molar-refractivity contribution in [2.75, 3.05) is 33.4 Å². The zero-order chi connectivity index (χ0) is 19.1. The molecule has 1 aromatic carbocycles. The van der Waals surface area contributed by atoms with Crippen LogP contribution < -0.4 is 4.74 Å². The first kappa shape index (κ1) is 18.1. The summed E-state index contributed by atoms with van der Waals surface area (Å²) < 4.78 is 10.5. The van der Waals surface area contributed by atoms with Crippen LogP contribution in [0.25, 0.3) is 0 Å². The zero-order valence-electron chi connectivity index (χ0n) is 14.6. The summed E-state index contributed by atoms with van der Waals surface area (Å²) >= 11 is 0. The van der Waals surface area contributed by atoms with E-state index in [1.165, 1.54) is 24.1 Å². The Bertz CT molecular complexity index is 779. The largest absolute Gasteiger partial charge is 0.496 e. The van der Waals surface area contributed by atoms with Gasteiger partial charge < -0.3 is 19.5 Å². The number of nitrogens with zero attached hydrogens (tertiary/aromatic N) is 2. The number of benzene rings is 1. The number of methoxy groups -OCH3 is 1. The zero-order valence-corrected chi connectivity index (χ0v) is 14.6. The van der Waals surface area contributed by atoms with Crippen LogP contribution in [-0.4, -0.2) is 60.2 Å². The minimum Gasteiger partial charge on any atom is -0.496 e. The van der Waals surface area contributed by atoms with Gasteiger partial charge in [-0.05, 0) is 19.4 Å². The van der Waals surface area contributed by atoms with Crippen molar-refractivity contribution in [1.29, 1.82) is 0 Å². The number of aliphatic carboxylic acids is 1. The second-order valence-electron chi connectivity index (χ2n) is 6.75. The van der Waals surface area contributed by atoms with Crippen molar-refractivity contribution in [2.24, 2.45) is 11.3 Å². The number of hydrogen-bond acceptors (Lipinski definition) is 6.